The van der Waals surface area contributed by atoms with E-state index < -0.39 is 11.2 Å². The molecule has 3 nitrogen and oxygen atoms in total. The zero-order valence-corrected chi connectivity index (χ0v) is 16.7. The minimum absolute atomic E-state index is 0.312. The van der Waals surface area contributed by atoms with Crippen molar-refractivity contribution in [3.05, 3.63) is 53.6 Å². The number of aliphatic hydroxyl groups is 1. The largest absolute Gasteiger partial charge is 0.455 e. The Morgan fingerprint density at radius 2 is 1.70 bits per heavy atom. The Labute approximate surface area is 164 Å². The fourth-order valence-corrected chi connectivity index (χ4v) is 3.32. The second-order valence-electron chi connectivity index (χ2n) is 8.06. The quantitative estimate of drug-likeness (QED) is 0.510. The lowest BCUT2D eigenvalue weighted by molar-refractivity contribution is -0.0893. The highest BCUT2D eigenvalue weighted by molar-refractivity contribution is 6.54. The molecule has 138 valence electrons. The zero-order valence-electron chi connectivity index (χ0n) is 16.0. The second-order valence-corrected chi connectivity index (χ2v) is 8.47. The van der Waals surface area contributed by atoms with Gasteiger partial charge in [-0.1, -0.05) is 48.0 Å². The van der Waals surface area contributed by atoms with E-state index in [0.717, 1.165) is 38.2 Å². The summed E-state index contributed by atoms with van der Waals surface area (Å²) in [6.07, 6.45) is 0. The van der Waals surface area contributed by atoms with Crippen LogP contribution in [-0.4, -0.2) is 23.8 Å². The lowest BCUT2D eigenvalue weighted by Gasteiger charge is -2.37. The van der Waals surface area contributed by atoms with Crippen LogP contribution in [0.4, 0.5) is 0 Å². The number of furan rings is 1. The number of benzene rings is 3. The average molecular weight is 381 g/mol. The Hall–Kier alpha value is -2.01. The molecule has 1 heterocycles. The van der Waals surface area contributed by atoms with Crippen LogP contribution in [0.15, 0.2) is 52.9 Å². The van der Waals surface area contributed by atoms with Gasteiger partial charge < -0.3 is 14.2 Å². The number of hydrogen-bond donors (Lipinski definition) is 1. The van der Waals surface area contributed by atoms with Gasteiger partial charge in [0.05, 0.1) is 11.2 Å². The summed E-state index contributed by atoms with van der Waals surface area (Å²) in [4.78, 5) is 0. The molecule has 0 bridgehead atoms. The summed E-state index contributed by atoms with van der Waals surface area (Å²) in [6, 6.07) is 16.2. The molecule has 0 radical (unpaired) electrons. The molecule has 1 N–H and O–H groups in total. The van der Waals surface area contributed by atoms with Crippen molar-refractivity contribution in [2.45, 2.75) is 38.9 Å². The lowest BCUT2D eigenvalue weighted by Crippen LogP contribution is -2.49. The maximum Gasteiger partial charge on any atom is 0.310 e. The molecule has 0 aliphatic carbocycles. The maximum absolute atomic E-state index is 10.3. The smallest absolute Gasteiger partial charge is 0.310 e. The lowest BCUT2D eigenvalue weighted by atomic mass is 9.82. The highest BCUT2D eigenvalue weighted by Crippen LogP contribution is 2.34. The number of hydrogen-bond acceptors (Lipinski definition) is 3. The maximum atomic E-state index is 10.3. The molecular formula is C22H22BClO3. The van der Waals surface area contributed by atoms with Gasteiger partial charge in [0.15, 0.2) is 0 Å². The summed E-state index contributed by atoms with van der Waals surface area (Å²) in [6.45, 7) is 7.23. The second kappa shape index (κ2) is 6.27. The molecule has 0 saturated heterocycles. The highest BCUT2D eigenvalue weighted by Gasteiger charge is 2.35. The van der Waals surface area contributed by atoms with E-state index in [1.807, 2.05) is 38.1 Å². The van der Waals surface area contributed by atoms with Gasteiger partial charge in [0.2, 0.25) is 0 Å². The standard InChI is InChI=1S/C22H22BClO3/c1-21(2,25)22(3,4)27-23-17-11-16-15-10-9-13-7-5-6-8-14(13)20(15)26-19(16)12-18(17)24/h5-12,23,25H,1-4H3. The summed E-state index contributed by atoms with van der Waals surface area (Å²) in [5.74, 6) is 0. The molecule has 0 aliphatic rings. The van der Waals surface area contributed by atoms with E-state index in [1.165, 1.54) is 0 Å². The fourth-order valence-electron chi connectivity index (χ4n) is 3.12. The van der Waals surface area contributed by atoms with Gasteiger partial charge >= 0.3 is 7.48 Å². The molecule has 0 saturated carbocycles. The average Bonchev–Trinajstić information content (AvgIpc) is 2.96. The third-order valence-corrected chi connectivity index (χ3v) is 5.94. The number of fused-ring (bicyclic) bond motifs is 5. The zero-order chi connectivity index (χ0) is 19.4. The van der Waals surface area contributed by atoms with Crippen molar-refractivity contribution in [3.8, 4) is 0 Å². The molecular weight excluding hydrogens is 359 g/mol. The Balaban J connectivity index is 1.81. The first kappa shape index (κ1) is 18.4. The molecule has 4 rings (SSSR count). The normalized spacial score (nSPS) is 13.0. The topological polar surface area (TPSA) is 42.6 Å². The summed E-state index contributed by atoms with van der Waals surface area (Å²) in [5, 5.41) is 15.2. The number of halogens is 1. The summed E-state index contributed by atoms with van der Waals surface area (Å²) in [7, 11) is 0.312. The first-order valence-electron chi connectivity index (χ1n) is 9.06. The van der Waals surface area contributed by atoms with E-state index in [1.54, 1.807) is 13.8 Å². The van der Waals surface area contributed by atoms with Crippen LogP contribution in [0.25, 0.3) is 32.7 Å². The van der Waals surface area contributed by atoms with Crippen LogP contribution < -0.4 is 5.46 Å². The first-order valence-corrected chi connectivity index (χ1v) is 9.44. The van der Waals surface area contributed by atoms with Crippen molar-refractivity contribution in [1.29, 1.82) is 0 Å². The van der Waals surface area contributed by atoms with Gasteiger partial charge in [-0.05, 0) is 50.7 Å². The first-order chi connectivity index (χ1) is 12.7. The molecule has 27 heavy (non-hydrogen) atoms. The fraction of sp³-hybridized carbons (Fsp3) is 0.273. The van der Waals surface area contributed by atoms with Crippen LogP contribution in [0.1, 0.15) is 27.7 Å². The van der Waals surface area contributed by atoms with Gasteiger partial charge in [-0.25, -0.2) is 0 Å². The minimum Gasteiger partial charge on any atom is -0.455 e. The Bertz CT molecular complexity index is 1160. The van der Waals surface area contributed by atoms with Gasteiger partial charge in [-0.3, -0.25) is 0 Å². The van der Waals surface area contributed by atoms with Crippen LogP contribution in [0.5, 0.6) is 0 Å². The van der Waals surface area contributed by atoms with E-state index in [2.05, 4.69) is 24.3 Å². The van der Waals surface area contributed by atoms with Crippen molar-refractivity contribution in [2.75, 3.05) is 0 Å². The SMILES string of the molecule is CC(C)(O)C(C)(C)OBc1cc2c(cc1Cl)oc1c3ccccc3ccc21. The van der Waals surface area contributed by atoms with E-state index in [9.17, 15) is 5.11 Å². The van der Waals surface area contributed by atoms with E-state index in [-0.39, 0.29) is 0 Å². The molecule has 0 fully saturated rings. The van der Waals surface area contributed by atoms with Crippen molar-refractivity contribution in [2.24, 2.45) is 0 Å². The van der Waals surface area contributed by atoms with Gasteiger partial charge in [0, 0.05) is 21.2 Å². The van der Waals surface area contributed by atoms with E-state index in [4.69, 9.17) is 20.7 Å². The van der Waals surface area contributed by atoms with Crippen molar-refractivity contribution in [1.82, 2.24) is 0 Å². The van der Waals surface area contributed by atoms with Crippen LogP contribution in [0.2, 0.25) is 5.02 Å². The molecule has 0 aliphatic heterocycles. The van der Waals surface area contributed by atoms with Gasteiger partial charge in [-0.2, -0.15) is 0 Å². The van der Waals surface area contributed by atoms with Crippen molar-refractivity contribution in [3.63, 3.8) is 0 Å². The monoisotopic (exact) mass is 380 g/mol. The molecule has 0 unspecified atom stereocenters. The number of rotatable bonds is 4. The van der Waals surface area contributed by atoms with Gasteiger partial charge in [0.1, 0.15) is 11.2 Å². The minimum atomic E-state index is -0.967. The molecule has 3 aromatic carbocycles. The predicted molar refractivity (Wildman–Crippen MR) is 114 cm³/mol. The highest BCUT2D eigenvalue weighted by atomic mass is 35.5. The predicted octanol–water partition coefficient (Wildman–Crippen LogP) is 4.94. The Kier molecular flexibility index (Phi) is 4.26. The van der Waals surface area contributed by atoms with Crippen LogP contribution in [0, 0.1) is 0 Å². The Morgan fingerprint density at radius 3 is 2.44 bits per heavy atom. The third kappa shape index (κ3) is 3.12. The molecule has 0 amide bonds. The van der Waals surface area contributed by atoms with Gasteiger partial charge in [-0.15, -0.1) is 0 Å². The third-order valence-electron chi connectivity index (χ3n) is 5.59. The summed E-state index contributed by atoms with van der Waals surface area (Å²) in [5.41, 5.74) is 0.827. The van der Waals surface area contributed by atoms with E-state index in [0.29, 0.717) is 12.5 Å². The van der Waals surface area contributed by atoms with Crippen molar-refractivity contribution >= 4 is 57.3 Å². The van der Waals surface area contributed by atoms with Crippen LogP contribution in [0.3, 0.4) is 0 Å². The van der Waals surface area contributed by atoms with Gasteiger partial charge in [0.25, 0.3) is 0 Å². The summed E-state index contributed by atoms with van der Waals surface area (Å²) >= 11 is 6.49. The molecule has 5 heteroatoms. The molecule has 0 spiro atoms. The Morgan fingerprint density at radius 1 is 0.963 bits per heavy atom. The summed E-state index contributed by atoms with van der Waals surface area (Å²) < 4.78 is 12.1. The molecule has 4 aromatic rings. The van der Waals surface area contributed by atoms with Crippen molar-refractivity contribution < 1.29 is 14.2 Å². The van der Waals surface area contributed by atoms with Crippen LogP contribution >= 0.6 is 11.6 Å². The van der Waals surface area contributed by atoms with Crippen LogP contribution in [-0.2, 0) is 4.65 Å². The van der Waals surface area contributed by atoms with E-state index >= 15 is 0 Å². The molecule has 1 aromatic heterocycles. The molecule has 0 atom stereocenters.